The Balaban J connectivity index is 1.66. The van der Waals surface area contributed by atoms with Gasteiger partial charge in [-0.3, -0.25) is 9.78 Å². The van der Waals surface area contributed by atoms with E-state index in [0.717, 1.165) is 22.6 Å². The molecule has 0 amide bonds. The van der Waals surface area contributed by atoms with Crippen LogP contribution in [-0.4, -0.2) is 19.2 Å². The van der Waals surface area contributed by atoms with Crippen molar-refractivity contribution in [2.75, 3.05) is 0 Å². The summed E-state index contributed by atoms with van der Waals surface area (Å²) in [6.45, 7) is 1.28. The third-order valence-electron chi connectivity index (χ3n) is 3.71. The monoisotopic (exact) mass is 387 g/mol. The number of carbonyl (C=O) groups is 1. The van der Waals surface area contributed by atoms with Crippen LogP contribution >= 0.6 is 11.3 Å². The Morgan fingerprint density at radius 3 is 2.50 bits per heavy atom. The Morgan fingerprint density at radius 1 is 1.08 bits per heavy atom. The number of nitrogens with one attached hydrogen (secondary N) is 1. The molecule has 0 radical (unpaired) electrons. The lowest BCUT2D eigenvalue weighted by molar-refractivity contribution is 0.103. The lowest BCUT2D eigenvalue weighted by Crippen LogP contribution is -2.15. The van der Waals surface area contributed by atoms with E-state index in [4.69, 9.17) is 5.14 Å². The molecule has 0 spiro atoms. The molecule has 3 aromatic rings. The third-order valence-corrected chi connectivity index (χ3v) is 6.14. The first-order valence-electron chi connectivity index (χ1n) is 7.80. The highest BCUT2D eigenvalue weighted by molar-refractivity contribution is 7.91. The van der Waals surface area contributed by atoms with Gasteiger partial charge in [-0.05, 0) is 29.1 Å². The molecule has 0 aliphatic rings. The van der Waals surface area contributed by atoms with Gasteiger partial charge in [-0.1, -0.05) is 30.3 Å². The number of carbonyl (C=O) groups excluding carboxylic acids is 1. The SMILES string of the molecule is NS(=O)(=O)c1sccc1C(=O)c1ccc(CNCc2ccccn2)cc1. The molecule has 6 nitrogen and oxygen atoms in total. The quantitative estimate of drug-likeness (QED) is 0.606. The number of primary sulfonamides is 1. The fourth-order valence-electron chi connectivity index (χ4n) is 2.45. The van der Waals surface area contributed by atoms with Crippen molar-refractivity contribution < 1.29 is 13.2 Å². The molecule has 0 fully saturated rings. The summed E-state index contributed by atoms with van der Waals surface area (Å²) in [6.07, 6.45) is 1.75. The molecule has 0 saturated carbocycles. The average molecular weight is 387 g/mol. The Hall–Kier alpha value is -2.39. The van der Waals surface area contributed by atoms with Crippen LogP contribution in [0, 0.1) is 0 Å². The van der Waals surface area contributed by atoms with E-state index in [9.17, 15) is 13.2 Å². The van der Waals surface area contributed by atoms with Gasteiger partial charge in [-0.25, -0.2) is 13.6 Å². The molecule has 8 heteroatoms. The summed E-state index contributed by atoms with van der Waals surface area (Å²) in [6, 6.07) is 14.3. The van der Waals surface area contributed by atoms with Crippen molar-refractivity contribution in [2.45, 2.75) is 17.3 Å². The Morgan fingerprint density at radius 2 is 1.85 bits per heavy atom. The van der Waals surface area contributed by atoms with Gasteiger partial charge < -0.3 is 5.32 Å². The molecule has 3 N–H and O–H groups in total. The van der Waals surface area contributed by atoms with E-state index in [0.29, 0.717) is 18.7 Å². The van der Waals surface area contributed by atoms with E-state index in [2.05, 4.69) is 10.3 Å². The van der Waals surface area contributed by atoms with E-state index in [-0.39, 0.29) is 15.6 Å². The number of benzene rings is 1. The number of thiophene rings is 1. The number of nitrogens with two attached hydrogens (primary N) is 1. The van der Waals surface area contributed by atoms with Gasteiger partial charge in [0.05, 0.1) is 11.3 Å². The van der Waals surface area contributed by atoms with Crippen molar-refractivity contribution in [1.29, 1.82) is 0 Å². The number of sulfonamides is 1. The zero-order valence-electron chi connectivity index (χ0n) is 13.8. The molecule has 0 unspecified atom stereocenters. The van der Waals surface area contributed by atoms with Gasteiger partial charge in [0.15, 0.2) is 5.78 Å². The van der Waals surface area contributed by atoms with Crippen molar-refractivity contribution in [3.63, 3.8) is 0 Å². The standard InChI is InChI=1S/C18H17N3O3S2/c19-26(23,24)18-16(8-10-25-18)17(22)14-6-4-13(5-7-14)11-20-12-15-3-1-2-9-21-15/h1-10,20H,11-12H2,(H2,19,23,24). The van der Waals surface area contributed by atoms with Crippen LogP contribution in [0.2, 0.25) is 0 Å². The second-order valence-electron chi connectivity index (χ2n) is 5.62. The molecule has 0 bridgehead atoms. The van der Waals surface area contributed by atoms with Gasteiger partial charge >= 0.3 is 0 Å². The highest BCUT2D eigenvalue weighted by Gasteiger charge is 2.21. The molecule has 0 saturated heterocycles. The molecule has 1 aromatic carbocycles. The number of aromatic nitrogens is 1. The van der Waals surface area contributed by atoms with E-state index in [1.165, 1.54) is 6.07 Å². The highest BCUT2D eigenvalue weighted by atomic mass is 32.2. The summed E-state index contributed by atoms with van der Waals surface area (Å²) in [5.41, 5.74) is 2.49. The summed E-state index contributed by atoms with van der Waals surface area (Å²) >= 11 is 0.942. The summed E-state index contributed by atoms with van der Waals surface area (Å²) in [5, 5.41) is 9.99. The van der Waals surface area contributed by atoms with Crippen molar-refractivity contribution >= 4 is 27.1 Å². The Kier molecular flexibility index (Phi) is 5.58. The maximum atomic E-state index is 12.5. The smallest absolute Gasteiger partial charge is 0.248 e. The Labute approximate surface area is 155 Å². The number of pyridine rings is 1. The summed E-state index contributed by atoms with van der Waals surface area (Å²) < 4.78 is 23.0. The van der Waals surface area contributed by atoms with E-state index in [1.54, 1.807) is 23.7 Å². The molecule has 2 aromatic heterocycles. The topological polar surface area (TPSA) is 102 Å². The summed E-state index contributed by atoms with van der Waals surface area (Å²) in [4.78, 5) is 16.8. The van der Waals surface area contributed by atoms with Crippen molar-refractivity contribution in [2.24, 2.45) is 5.14 Å². The van der Waals surface area contributed by atoms with Gasteiger partial charge in [0, 0.05) is 24.8 Å². The minimum Gasteiger partial charge on any atom is -0.307 e. The molecule has 0 aliphatic heterocycles. The molecule has 3 rings (SSSR count). The molecule has 0 aliphatic carbocycles. The maximum Gasteiger partial charge on any atom is 0.248 e. The maximum absolute atomic E-state index is 12.5. The molecule has 0 atom stereocenters. The van der Waals surface area contributed by atoms with Crippen LogP contribution in [0.25, 0.3) is 0 Å². The van der Waals surface area contributed by atoms with Crippen molar-refractivity contribution in [3.05, 3.63) is 82.5 Å². The zero-order valence-corrected chi connectivity index (χ0v) is 15.4. The van der Waals surface area contributed by atoms with Crippen molar-refractivity contribution in [3.8, 4) is 0 Å². The predicted molar refractivity (Wildman–Crippen MR) is 100 cm³/mol. The van der Waals surface area contributed by atoms with Crippen LogP contribution < -0.4 is 10.5 Å². The molecular formula is C18H17N3O3S2. The van der Waals surface area contributed by atoms with Gasteiger partial charge in [-0.15, -0.1) is 11.3 Å². The number of nitrogens with zero attached hydrogens (tertiary/aromatic N) is 1. The normalized spacial score (nSPS) is 11.4. The molecule has 2 heterocycles. The van der Waals surface area contributed by atoms with Crippen LogP contribution in [0.4, 0.5) is 0 Å². The van der Waals surface area contributed by atoms with Crippen LogP contribution in [0.5, 0.6) is 0 Å². The second kappa shape index (κ2) is 7.88. The second-order valence-corrected chi connectivity index (χ2v) is 8.29. The van der Waals surface area contributed by atoms with Gasteiger partial charge in [0.1, 0.15) is 4.21 Å². The third kappa shape index (κ3) is 4.41. The highest BCUT2D eigenvalue weighted by Crippen LogP contribution is 2.24. The van der Waals surface area contributed by atoms with Crippen LogP contribution in [-0.2, 0) is 23.1 Å². The first-order chi connectivity index (χ1) is 12.4. The van der Waals surface area contributed by atoms with E-state index in [1.807, 2.05) is 30.3 Å². The van der Waals surface area contributed by atoms with Crippen LogP contribution in [0.15, 0.2) is 64.3 Å². The predicted octanol–water partition coefficient (Wildman–Crippen LogP) is 2.31. The van der Waals surface area contributed by atoms with Gasteiger partial charge in [0.25, 0.3) is 0 Å². The fraction of sp³-hybridized carbons (Fsp3) is 0.111. The lowest BCUT2D eigenvalue weighted by Gasteiger charge is -2.06. The number of hydrogen-bond acceptors (Lipinski definition) is 6. The summed E-state index contributed by atoms with van der Waals surface area (Å²) in [5.74, 6) is -0.358. The lowest BCUT2D eigenvalue weighted by atomic mass is 10.0. The minimum absolute atomic E-state index is 0.108. The van der Waals surface area contributed by atoms with Gasteiger partial charge in [-0.2, -0.15) is 0 Å². The fourth-order valence-corrected chi connectivity index (χ4v) is 4.24. The largest absolute Gasteiger partial charge is 0.307 e. The minimum atomic E-state index is -3.91. The zero-order chi connectivity index (χ0) is 18.6. The molecular weight excluding hydrogens is 370 g/mol. The van der Waals surface area contributed by atoms with Gasteiger partial charge in [0.2, 0.25) is 10.0 Å². The average Bonchev–Trinajstić information content (AvgIpc) is 3.13. The van der Waals surface area contributed by atoms with E-state index >= 15 is 0 Å². The molecule has 26 heavy (non-hydrogen) atoms. The first-order valence-corrected chi connectivity index (χ1v) is 10.2. The van der Waals surface area contributed by atoms with E-state index < -0.39 is 10.0 Å². The number of hydrogen-bond donors (Lipinski definition) is 2. The number of ketones is 1. The first kappa shape index (κ1) is 18.4. The number of rotatable bonds is 7. The van der Waals surface area contributed by atoms with Crippen LogP contribution in [0.3, 0.4) is 0 Å². The van der Waals surface area contributed by atoms with Crippen LogP contribution in [0.1, 0.15) is 27.2 Å². The Bertz CT molecular complexity index is 998. The summed E-state index contributed by atoms with van der Waals surface area (Å²) in [7, 11) is -3.91. The molecule has 134 valence electrons. The van der Waals surface area contributed by atoms with Crippen molar-refractivity contribution in [1.82, 2.24) is 10.3 Å².